The number of carbonyl (C=O) groups is 2. The van der Waals surface area contributed by atoms with Crippen LogP contribution in [0.5, 0.6) is 0 Å². The molecular formula is C21H27N3O2. The van der Waals surface area contributed by atoms with Gasteiger partial charge >= 0.3 is 0 Å². The Morgan fingerprint density at radius 2 is 1.96 bits per heavy atom. The molecule has 0 saturated heterocycles. The molecule has 0 saturated carbocycles. The van der Waals surface area contributed by atoms with Crippen molar-refractivity contribution in [3.8, 4) is 0 Å². The highest BCUT2D eigenvalue weighted by molar-refractivity contribution is 6.08. The summed E-state index contributed by atoms with van der Waals surface area (Å²) in [5.74, 6) is -0.180. The summed E-state index contributed by atoms with van der Waals surface area (Å²) < 4.78 is 0. The molecular weight excluding hydrogens is 326 g/mol. The molecule has 2 amide bonds. The van der Waals surface area contributed by atoms with Crippen LogP contribution in [-0.4, -0.2) is 41.3 Å². The van der Waals surface area contributed by atoms with Gasteiger partial charge in [-0.15, -0.1) is 0 Å². The lowest BCUT2D eigenvalue weighted by Gasteiger charge is -2.25. The molecule has 0 fully saturated rings. The van der Waals surface area contributed by atoms with Crippen LogP contribution in [0.1, 0.15) is 53.9 Å². The molecule has 0 unspecified atom stereocenters. The zero-order valence-corrected chi connectivity index (χ0v) is 15.9. The molecule has 0 radical (unpaired) electrons. The number of rotatable bonds is 5. The Hall–Kier alpha value is -2.43. The van der Waals surface area contributed by atoms with Gasteiger partial charge in [0.15, 0.2) is 0 Å². The minimum absolute atomic E-state index is 0.0603. The number of amides is 2. The van der Waals surface area contributed by atoms with Gasteiger partial charge in [-0.1, -0.05) is 11.6 Å². The number of aromatic nitrogens is 1. The number of benzene rings is 1. The van der Waals surface area contributed by atoms with Gasteiger partial charge in [-0.05, 0) is 64.2 Å². The number of pyridine rings is 1. The number of carbonyl (C=O) groups excluding carboxylic acids is 2. The molecule has 138 valence electrons. The largest absolute Gasteiger partial charge is 0.355 e. The lowest BCUT2D eigenvalue weighted by atomic mass is 9.89. The molecule has 3 rings (SSSR count). The first-order valence-corrected chi connectivity index (χ1v) is 9.53. The molecule has 0 bridgehead atoms. The van der Waals surface area contributed by atoms with E-state index in [0.29, 0.717) is 13.1 Å². The maximum absolute atomic E-state index is 13.4. The summed E-state index contributed by atoms with van der Waals surface area (Å²) in [5, 5.41) is 3.69. The molecule has 5 heteroatoms. The monoisotopic (exact) mass is 353 g/mol. The van der Waals surface area contributed by atoms with E-state index in [1.54, 1.807) is 4.90 Å². The molecule has 0 aliphatic heterocycles. The maximum Gasteiger partial charge on any atom is 0.255 e. The second kappa shape index (κ2) is 7.85. The lowest BCUT2D eigenvalue weighted by Crippen LogP contribution is -2.41. The maximum atomic E-state index is 13.4. The number of nitrogens with zero attached hydrogens (tertiary/aromatic N) is 2. The van der Waals surface area contributed by atoms with Gasteiger partial charge in [-0.2, -0.15) is 0 Å². The third-order valence-corrected chi connectivity index (χ3v) is 5.01. The number of fused-ring (bicyclic) bond motifs is 2. The molecule has 5 nitrogen and oxygen atoms in total. The van der Waals surface area contributed by atoms with Crippen LogP contribution < -0.4 is 5.32 Å². The second-order valence-corrected chi connectivity index (χ2v) is 6.91. The zero-order chi connectivity index (χ0) is 18.7. The van der Waals surface area contributed by atoms with Crippen molar-refractivity contribution < 1.29 is 9.59 Å². The Morgan fingerprint density at radius 1 is 1.19 bits per heavy atom. The third-order valence-electron chi connectivity index (χ3n) is 5.01. The van der Waals surface area contributed by atoms with E-state index in [4.69, 9.17) is 4.98 Å². The average molecular weight is 353 g/mol. The Labute approximate surface area is 154 Å². The minimum Gasteiger partial charge on any atom is -0.355 e. The smallest absolute Gasteiger partial charge is 0.255 e. The Bertz CT molecular complexity index is 845. The number of nitrogens with one attached hydrogen (secondary N) is 1. The molecule has 1 aliphatic rings. The molecule has 1 heterocycles. The second-order valence-electron chi connectivity index (χ2n) is 6.91. The van der Waals surface area contributed by atoms with Gasteiger partial charge in [-0.25, -0.2) is 0 Å². The Kier molecular flexibility index (Phi) is 5.55. The number of hydrogen-bond donors (Lipinski definition) is 1. The van der Waals surface area contributed by atoms with Crippen LogP contribution in [0, 0.1) is 6.92 Å². The van der Waals surface area contributed by atoms with E-state index in [0.717, 1.165) is 59.0 Å². The predicted molar refractivity (Wildman–Crippen MR) is 103 cm³/mol. The fourth-order valence-electron chi connectivity index (χ4n) is 3.69. The SMILES string of the molecule is CCNC(=O)CN(CC)C(=O)c1c2c(nc3ccc(C)cc13)CCCC2. The van der Waals surface area contributed by atoms with Crippen LogP contribution in [0.15, 0.2) is 18.2 Å². The highest BCUT2D eigenvalue weighted by Gasteiger charge is 2.26. The molecule has 2 aromatic rings. The van der Waals surface area contributed by atoms with Crippen molar-refractivity contribution in [1.82, 2.24) is 15.2 Å². The van der Waals surface area contributed by atoms with Crippen LogP contribution in [0.25, 0.3) is 10.9 Å². The molecule has 0 atom stereocenters. The van der Waals surface area contributed by atoms with Gasteiger partial charge < -0.3 is 10.2 Å². The van der Waals surface area contributed by atoms with Gasteiger partial charge in [0.2, 0.25) is 5.91 Å². The number of aryl methyl sites for hydroxylation is 2. The van der Waals surface area contributed by atoms with E-state index in [1.165, 1.54) is 0 Å². The van der Waals surface area contributed by atoms with Crippen LogP contribution in [0.3, 0.4) is 0 Å². The van der Waals surface area contributed by atoms with E-state index < -0.39 is 0 Å². The highest BCUT2D eigenvalue weighted by Crippen LogP contribution is 2.30. The Morgan fingerprint density at radius 3 is 2.69 bits per heavy atom. The van der Waals surface area contributed by atoms with Gasteiger partial charge in [0, 0.05) is 24.2 Å². The van der Waals surface area contributed by atoms with Crippen molar-refractivity contribution in [3.05, 3.63) is 40.6 Å². The van der Waals surface area contributed by atoms with Gasteiger partial charge in [0.05, 0.1) is 17.6 Å². The van der Waals surface area contributed by atoms with Gasteiger partial charge in [0.1, 0.15) is 0 Å². The highest BCUT2D eigenvalue weighted by atomic mass is 16.2. The minimum atomic E-state index is -0.119. The summed E-state index contributed by atoms with van der Waals surface area (Å²) in [7, 11) is 0. The van der Waals surface area contributed by atoms with Gasteiger partial charge in [0.25, 0.3) is 5.91 Å². The quantitative estimate of drug-likeness (QED) is 0.899. The van der Waals surface area contributed by atoms with Gasteiger partial charge in [-0.3, -0.25) is 14.6 Å². The lowest BCUT2D eigenvalue weighted by molar-refractivity contribution is -0.121. The van der Waals surface area contributed by atoms with Crippen LogP contribution in [-0.2, 0) is 17.6 Å². The van der Waals surface area contributed by atoms with E-state index in [2.05, 4.69) is 5.32 Å². The van der Waals surface area contributed by atoms with Crippen molar-refractivity contribution in [2.24, 2.45) is 0 Å². The molecule has 1 aliphatic carbocycles. The van der Waals surface area contributed by atoms with Crippen molar-refractivity contribution in [2.45, 2.75) is 46.5 Å². The Balaban J connectivity index is 2.10. The fourth-order valence-corrected chi connectivity index (χ4v) is 3.69. The standard InChI is InChI=1S/C21H27N3O2/c1-4-22-19(25)13-24(5-2)21(26)20-15-8-6-7-9-17(15)23-18-11-10-14(3)12-16(18)20/h10-12H,4-9,13H2,1-3H3,(H,22,25). The zero-order valence-electron chi connectivity index (χ0n) is 15.9. The summed E-state index contributed by atoms with van der Waals surface area (Å²) in [6.07, 6.45) is 3.99. The van der Waals surface area contributed by atoms with E-state index >= 15 is 0 Å². The summed E-state index contributed by atoms with van der Waals surface area (Å²) in [6, 6.07) is 6.08. The van der Waals surface area contributed by atoms with E-state index in [-0.39, 0.29) is 18.4 Å². The average Bonchev–Trinajstić information content (AvgIpc) is 2.64. The third kappa shape index (κ3) is 3.57. The topological polar surface area (TPSA) is 62.3 Å². The van der Waals surface area contributed by atoms with Crippen LogP contribution >= 0.6 is 0 Å². The first kappa shape index (κ1) is 18.4. The van der Waals surface area contributed by atoms with Crippen molar-refractivity contribution in [1.29, 1.82) is 0 Å². The molecule has 26 heavy (non-hydrogen) atoms. The van der Waals surface area contributed by atoms with Crippen LogP contribution in [0.2, 0.25) is 0 Å². The van der Waals surface area contributed by atoms with Crippen molar-refractivity contribution in [2.75, 3.05) is 19.6 Å². The fraction of sp³-hybridized carbons (Fsp3) is 0.476. The van der Waals surface area contributed by atoms with E-state index in [1.807, 2.05) is 39.0 Å². The summed E-state index contributed by atoms with van der Waals surface area (Å²) in [4.78, 5) is 31.9. The number of hydrogen-bond acceptors (Lipinski definition) is 3. The summed E-state index contributed by atoms with van der Waals surface area (Å²) in [6.45, 7) is 6.98. The number of likely N-dealkylation sites (N-methyl/N-ethyl adjacent to an activating group) is 2. The van der Waals surface area contributed by atoms with E-state index in [9.17, 15) is 9.59 Å². The molecule has 0 spiro atoms. The normalized spacial score (nSPS) is 13.3. The predicted octanol–water partition coefficient (Wildman–Crippen LogP) is 3.02. The first-order chi connectivity index (χ1) is 12.5. The summed E-state index contributed by atoms with van der Waals surface area (Å²) >= 11 is 0. The van der Waals surface area contributed by atoms with Crippen molar-refractivity contribution >= 4 is 22.7 Å². The molecule has 1 aromatic carbocycles. The first-order valence-electron chi connectivity index (χ1n) is 9.53. The van der Waals surface area contributed by atoms with Crippen LogP contribution in [0.4, 0.5) is 0 Å². The summed E-state index contributed by atoms with van der Waals surface area (Å²) in [5.41, 5.74) is 4.85. The molecule has 1 N–H and O–H groups in total. The molecule has 1 aromatic heterocycles. The van der Waals surface area contributed by atoms with Crippen molar-refractivity contribution in [3.63, 3.8) is 0 Å².